The molecule has 0 bridgehead atoms. The van der Waals surface area contributed by atoms with Gasteiger partial charge in [0.15, 0.2) is 0 Å². The Balaban J connectivity index is 2.09. The fourth-order valence-corrected chi connectivity index (χ4v) is 2.07. The van der Waals surface area contributed by atoms with Crippen LogP contribution in [0.25, 0.3) is 16.9 Å². The van der Waals surface area contributed by atoms with E-state index in [0.717, 1.165) is 22.5 Å². The van der Waals surface area contributed by atoms with Crippen LogP contribution in [0.2, 0.25) is 0 Å². The number of aromatic nitrogens is 2. The molecule has 0 amide bonds. The number of imidazole rings is 1. The van der Waals surface area contributed by atoms with Crippen molar-refractivity contribution in [3.8, 4) is 17.3 Å². The van der Waals surface area contributed by atoms with Crippen molar-refractivity contribution in [3.63, 3.8) is 0 Å². The largest absolute Gasteiger partial charge is 0.300 e. The third-order valence-corrected chi connectivity index (χ3v) is 2.96. The average Bonchev–Trinajstić information content (AvgIpc) is 2.88. The van der Waals surface area contributed by atoms with Gasteiger partial charge < -0.3 is 0 Å². The minimum Gasteiger partial charge on any atom is -0.300 e. The fourth-order valence-electron chi connectivity index (χ4n) is 2.07. The van der Waals surface area contributed by atoms with Crippen molar-refractivity contribution < 1.29 is 0 Å². The second kappa shape index (κ2) is 4.34. The number of hydrogen-bond acceptors (Lipinski definition) is 2. The Bertz CT molecular complexity index is 717. The molecule has 3 aromatic rings. The summed E-state index contributed by atoms with van der Waals surface area (Å²) in [6.45, 7) is 0. The minimum atomic E-state index is 0.454. The van der Waals surface area contributed by atoms with Crippen molar-refractivity contribution in [2.24, 2.45) is 0 Å². The Morgan fingerprint density at radius 2 is 1.94 bits per heavy atom. The molecule has 3 heteroatoms. The molecule has 0 radical (unpaired) electrons. The lowest BCUT2D eigenvalue weighted by Gasteiger charge is -2.06. The zero-order chi connectivity index (χ0) is 12.4. The van der Waals surface area contributed by atoms with Crippen LogP contribution in [-0.4, -0.2) is 9.38 Å². The molecule has 86 valence electrons. The van der Waals surface area contributed by atoms with Crippen LogP contribution in [0.1, 0.15) is 5.56 Å². The van der Waals surface area contributed by atoms with E-state index in [0.29, 0.717) is 6.42 Å². The zero-order valence-corrected chi connectivity index (χ0v) is 9.74. The summed E-state index contributed by atoms with van der Waals surface area (Å²) >= 11 is 0. The second-order valence-electron chi connectivity index (χ2n) is 4.10. The van der Waals surface area contributed by atoms with Crippen molar-refractivity contribution in [2.75, 3.05) is 0 Å². The molecule has 0 aliphatic carbocycles. The molecule has 18 heavy (non-hydrogen) atoms. The van der Waals surface area contributed by atoms with Gasteiger partial charge in [-0.15, -0.1) is 0 Å². The lowest BCUT2D eigenvalue weighted by Crippen LogP contribution is -1.90. The van der Waals surface area contributed by atoms with Gasteiger partial charge in [0, 0.05) is 12.4 Å². The maximum atomic E-state index is 8.66. The van der Waals surface area contributed by atoms with Crippen LogP contribution in [0.5, 0.6) is 0 Å². The molecule has 0 saturated carbocycles. The van der Waals surface area contributed by atoms with Crippen LogP contribution in [0.4, 0.5) is 0 Å². The normalized spacial score (nSPS) is 10.4. The van der Waals surface area contributed by atoms with E-state index in [1.165, 1.54) is 0 Å². The fraction of sp³-hybridized carbons (Fsp3) is 0.0667. The number of fused-ring (bicyclic) bond motifs is 1. The molecule has 0 aliphatic rings. The first-order chi connectivity index (χ1) is 8.88. The van der Waals surface area contributed by atoms with E-state index in [9.17, 15) is 0 Å². The summed E-state index contributed by atoms with van der Waals surface area (Å²) in [5, 5.41) is 8.66. The molecule has 2 heterocycles. The summed E-state index contributed by atoms with van der Waals surface area (Å²) in [6.07, 6.45) is 4.20. The maximum absolute atomic E-state index is 8.66. The van der Waals surface area contributed by atoms with Gasteiger partial charge >= 0.3 is 0 Å². The Kier molecular flexibility index (Phi) is 2.54. The van der Waals surface area contributed by atoms with Gasteiger partial charge in [0.1, 0.15) is 5.65 Å². The van der Waals surface area contributed by atoms with Crippen LogP contribution in [0.15, 0.2) is 54.9 Å². The number of rotatable bonds is 2. The highest BCUT2D eigenvalue weighted by Crippen LogP contribution is 2.21. The molecule has 1 aromatic carbocycles. The zero-order valence-electron chi connectivity index (χ0n) is 9.74. The highest BCUT2D eigenvalue weighted by Gasteiger charge is 2.03. The quantitative estimate of drug-likeness (QED) is 0.682. The Labute approximate surface area is 105 Å². The topological polar surface area (TPSA) is 41.1 Å². The lowest BCUT2D eigenvalue weighted by molar-refractivity contribution is 1.19. The summed E-state index contributed by atoms with van der Waals surface area (Å²) in [7, 11) is 0. The van der Waals surface area contributed by atoms with Crippen LogP contribution >= 0.6 is 0 Å². The summed E-state index contributed by atoms with van der Waals surface area (Å²) in [5.74, 6) is 0. The standard InChI is InChI=1S/C15H11N3/c16-9-8-12-4-6-13(7-5-12)14-2-1-3-15-17-10-11-18(14)15/h1-7,10-11H,8H2. The summed E-state index contributed by atoms with van der Waals surface area (Å²) in [5.41, 5.74) is 4.21. The molecule has 0 atom stereocenters. The third kappa shape index (κ3) is 1.74. The van der Waals surface area contributed by atoms with Gasteiger partial charge in [-0.2, -0.15) is 5.26 Å². The van der Waals surface area contributed by atoms with Crippen LogP contribution in [0.3, 0.4) is 0 Å². The number of hydrogen-bond donors (Lipinski definition) is 0. The van der Waals surface area contributed by atoms with E-state index in [1.807, 2.05) is 42.6 Å². The summed E-state index contributed by atoms with van der Waals surface area (Å²) < 4.78 is 2.05. The predicted molar refractivity (Wildman–Crippen MR) is 69.9 cm³/mol. The van der Waals surface area contributed by atoms with Crippen molar-refractivity contribution in [1.82, 2.24) is 9.38 Å². The summed E-state index contributed by atoms with van der Waals surface area (Å²) in [4.78, 5) is 4.27. The van der Waals surface area contributed by atoms with Gasteiger partial charge in [0.2, 0.25) is 0 Å². The van der Waals surface area contributed by atoms with E-state index < -0.39 is 0 Å². The molecule has 0 fully saturated rings. The molecule has 0 unspecified atom stereocenters. The van der Waals surface area contributed by atoms with Gasteiger partial charge in [-0.1, -0.05) is 30.3 Å². The maximum Gasteiger partial charge on any atom is 0.137 e. The average molecular weight is 233 g/mol. The highest BCUT2D eigenvalue weighted by atomic mass is 15.0. The molecule has 3 nitrogen and oxygen atoms in total. The lowest BCUT2D eigenvalue weighted by atomic mass is 10.1. The van der Waals surface area contributed by atoms with E-state index in [2.05, 4.69) is 21.5 Å². The molecule has 0 aliphatic heterocycles. The van der Waals surface area contributed by atoms with E-state index in [4.69, 9.17) is 5.26 Å². The van der Waals surface area contributed by atoms with Gasteiger partial charge in [-0.05, 0) is 23.3 Å². The molecular weight excluding hydrogens is 222 g/mol. The van der Waals surface area contributed by atoms with E-state index in [-0.39, 0.29) is 0 Å². The minimum absolute atomic E-state index is 0.454. The van der Waals surface area contributed by atoms with Gasteiger partial charge in [-0.25, -0.2) is 4.98 Å². The molecule has 2 aromatic heterocycles. The Hall–Kier alpha value is -2.60. The molecular formula is C15H11N3. The monoisotopic (exact) mass is 233 g/mol. The van der Waals surface area contributed by atoms with Gasteiger partial charge in [-0.3, -0.25) is 4.40 Å². The van der Waals surface area contributed by atoms with Crippen molar-refractivity contribution >= 4 is 5.65 Å². The Morgan fingerprint density at radius 1 is 1.11 bits per heavy atom. The number of nitriles is 1. The first kappa shape index (κ1) is 10.5. The summed E-state index contributed by atoms with van der Waals surface area (Å²) in [6, 6.07) is 16.3. The van der Waals surface area contributed by atoms with Crippen LogP contribution in [-0.2, 0) is 6.42 Å². The molecule has 0 spiro atoms. The molecule has 0 saturated heterocycles. The van der Waals surface area contributed by atoms with Crippen molar-refractivity contribution in [3.05, 3.63) is 60.4 Å². The Morgan fingerprint density at radius 3 is 2.72 bits per heavy atom. The number of pyridine rings is 1. The van der Waals surface area contributed by atoms with E-state index in [1.54, 1.807) is 6.20 Å². The van der Waals surface area contributed by atoms with Gasteiger partial charge in [0.25, 0.3) is 0 Å². The highest BCUT2D eigenvalue weighted by molar-refractivity contribution is 5.63. The molecule has 3 rings (SSSR count). The van der Waals surface area contributed by atoms with Crippen molar-refractivity contribution in [2.45, 2.75) is 6.42 Å². The molecule has 0 N–H and O–H groups in total. The van der Waals surface area contributed by atoms with Crippen LogP contribution in [0, 0.1) is 11.3 Å². The number of benzene rings is 1. The van der Waals surface area contributed by atoms with Gasteiger partial charge in [0.05, 0.1) is 18.2 Å². The first-order valence-electron chi connectivity index (χ1n) is 5.77. The van der Waals surface area contributed by atoms with Crippen molar-refractivity contribution in [1.29, 1.82) is 5.26 Å². The first-order valence-corrected chi connectivity index (χ1v) is 5.77. The SMILES string of the molecule is N#CCc1ccc(-c2cccc3nccn23)cc1. The van der Waals surface area contributed by atoms with Crippen LogP contribution < -0.4 is 0 Å². The predicted octanol–water partition coefficient (Wildman–Crippen LogP) is 3.07. The van der Waals surface area contributed by atoms with E-state index >= 15 is 0 Å². The number of nitrogens with zero attached hydrogens (tertiary/aromatic N) is 3. The second-order valence-corrected chi connectivity index (χ2v) is 4.10. The third-order valence-electron chi connectivity index (χ3n) is 2.96. The smallest absolute Gasteiger partial charge is 0.137 e.